The van der Waals surface area contributed by atoms with Crippen LogP contribution in [0.5, 0.6) is 0 Å². The summed E-state index contributed by atoms with van der Waals surface area (Å²) in [6, 6.07) is 22.0. The maximum absolute atomic E-state index is 4.24. The zero-order valence-electron chi connectivity index (χ0n) is 17.1. The van der Waals surface area contributed by atoms with Gasteiger partial charge in [0.05, 0.1) is 11.0 Å². The molecule has 1 aliphatic rings. The number of allylic oxidation sites excluding steroid dienone is 2. The lowest BCUT2D eigenvalue weighted by atomic mass is 9.93. The van der Waals surface area contributed by atoms with Crippen LogP contribution in [0.1, 0.15) is 25.0 Å². The second-order valence-corrected chi connectivity index (χ2v) is 8.71. The molecule has 5 aromatic rings. The van der Waals surface area contributed by atoms with E-state index in [1.165, 1.54) is 43.7 Å². The van der Waals surface area contributed by atoms with Crippen molar-refractivity contribution in [3.05, 3.63) is 96.3 Å². The molecule has 6 rings (SSSR count). The summed E-state index contributed by atoms with van der Waals surface area (Å²) >= 11 is 0. The number of rotatable bonds is 1. The van der Waals surface area contributed by atoms with Crippen molar-refractivity contribution in [1.29, 1.82) is 0 Å². The summed E-state index contributed by atoms with van der Waals surface area (Å²) in [4.78, 5) is 4.24. The predicted octanol–water partition coefficient (Wildman–Crippen LogP) is 7.40. The van der Waals surface area contributed by atoms with E-state index in [0.717, 1.165) is 5.69 Å². The molecule has 2 nitrogen and oxygen atoms in total. The van der Waals surface area contributed by atoms with E-state index < -0.39 is 0 Å². The van der Waals surface area contributed by atoms with Crippen molar-refractivity contribution >= 4 is 44.7 Å². The molecule has 0 unspecified atom stereocenters. The third kappa shape index (κ3) is 2.54. The van der Waals surface area contributed by atoms with Crippen molar-refractivity contribution < 1.29 is 0 Å². The number of nitrogens with zero attached hydrogens (tertiary/aromatic N) is 2. The molecule has 0 saturated carbocycles. The Kier molecular flexibility index (Phi) is 3.54. The minimum Gasteiger partial charge on any atom is -0.308 e. The van der Waals surface area contributed by atoms with Crippen LogP contribution in [0.2, 0.25) is 0 Å². The standard InChI is InChI=1S/C28H22N2/c1-28(2)13-9-20-17-25-24-8-7-19-5-3-4-6-23(19)27(24)30(22-11-15-29-16-12-22)26(25)18-21(20)10-14-28/h3-18H,1-2H3. The van der Waals surface area contributed by atoms with Crippen molar-refractivity contribution in [2.75, 3.05) is 0 Å². The Bertz CT molecular complexity index is 1500. The molecule has 0 aliphatic heterocycles. The van der Waals surface area contributed by atoms with E-state index in [1.807, 2.05) is 12.4 Å². The number of hydrogen-bond donors (Lipinski definition) is 0. The van der Waals surface area contributed by atoms with Crippen molar-refractivity contribution in [3.63, 3.8) is 0 Å². The first kappa shape index (κ1) is 17.2. The van der Waals surface area contributed by atoms with Crippen molar-refractivity contribution in [2.24, 2.45) is 5.41 Å². The van der Waals surface area contributed by atoms with Crippen LogP contribution in [-0.4, -0.2) is 9.55 Å². The van der Waals surface area contributed by atoms with Crippen LogP contribution < -0.4 is 0 Å². The van der Waals surface area contributed by atoms with E-state index in [0.29, 0.717) is 0 Å². The maximum Gasteiger partial charge on any atom is 0.0619 e. The van der Waals surface area contributed by atoms with E-state index in [4.69, 9.17) is 0 Å². The van der Waals surface area contributed by atoms with Gasteiger partial charge in [-0.15, -0.1) is 0 Å². The van der Waals surface area contributed by atoms with Gasteiger partial charge in [-0.05, 0) is 40.8 Å². The summed E-state index contributed by atoms with van der Waals surface area (Å²) in [5.41, 5.74) is 6.20. The average Bonchev–Trinajstić information content (AvgIpc) is 3.01. The van der Waals surface area contributed by atoms with Crippen LogP contribution in [0.15, 0.2) is 85.2 Å². The van der Waals surface area contributed by atoms with Gasteiger partial charge in [0.2, 0.25) is 0 Å². The van der Waals surface area contributed by atoms with Crippen LogP contribution in [0, 0.1) is 5.41 Å². The van der Waals surface area contributed by atoms with Crippen LogP contribution in [0.25, 0.3) is 50.4 Å². The molecule has 0 radical (unpaired) electrons. The Hall–Kier alpha value is -3.65. The van der Waals surface area contributed by atoms with Gasteiger partial charge in [-0.1, -0.05) is 74.5 Å². The second-order valence-electron chi connectivity index (χ2n) is 8.71. The molecule has 0 bridgehead atoms. The van der Waals surface area contributed by atoms with Crippen LogP contribution in [0.4, 0.5) is 0 Å². The van der Waals surface area contributed by atoms with E-state index in [-0.39, 0.29) is 5.41 Å². The minimum atomic E-state index is 0.0579. The zero-order valence-corrected chi connectivity index (χ0v) is 17.1. The third-order valence-corrected chi connectivity index (χ3v) is 6.16. The Labute approximate surface area is 175 Å². The highest BCUT2D eigenvalue weighted by Gasteiger charge is 2.18. The van der Waals surface area contributed by atoms with Gasteiger partial charge in [0.25, 0.3) is 0 Å². The second kappa shape index (κ2) is 6.17. The molecule has 0 atom stereocenters. The number of benzene rings is 3. The van der Waals surface area contributed by atoms with Crippen molar-refractivity contribution in [1.82, 2.24) is 9.55 Å². The quantitative estimate of drug-likeness (QED) is 0.293. The summed E-state index contributed by atoms with van der Waals surface area (Å²) in [6.07, 6.45) is 12.8. The fraction of sp³-hybridized carbons (Fsp3) is 0.107. The largest absolute Gasteiger partial charge is 0.308 e. The molecule has 2 aromatic heterocycles. The highest BCUT2D eigenvalue weighted by Crippen LogP contribution is 2.39. The lowest BCUT2D eigenvalue weighted by molar-refractivity contribution is 0.633. The van der Waals surface area contributed by atoms with Gasteiger partial charge in [0, 0.05) is 39.7 Å². The molecule has 0 saturated heterocycles. The van der Waals surface area contributed by atoms with Gasteiger partial charge in [0.1, 0.15) is 0 Å². The Morgan fingerprint density at radius 3 is 2.27 bits per heavy atom. The van der Waals surface area contributed by atoms with E-state index in [2.05, 4.69) is 108 Å². The smallest absolute Gasteiger partial charge is 0.0619 e. The average molecular weight is 386 g/mol. The number of fused-ring (bicyclic) bond motifs is 6. The zero-order chi connectivity index (χ0) is 20.3. The normalized spacial score (nSPS) is 15.0. The molecule has 144 valence electrons. The molecule has 0 spiro atoms. The summed E-state index contributed by atoms with van der Waals surface area (Å²) in [7, 11) is 0. The monoisotopic (exact) mass is 386 g/mol. The number of pyridine rings is 1. The SMILES string of the molecule is CC1(C)C=Cc2cc3c4ccc5ccccc5c4n(-c4ccncc4)c3cc2C=C1. The first-order valence-electron chi connectivity index (χ1n) is 10.4. The lowest BCUT2D eigenvalue weighted by Gasteiger charge is -2.12. The van der Waals surface area contributed by atoms with Gasteiger partial charge in [-0.25, -0.2) is 0 Å². The lowest BCUT2D eigenvalue weighted by Crippen LogP contribution is -1.99. The number of hydrogen-bond acceptors (Lipinski definition) is 1. The van der Waals surface area contributed by atoms with Gasteiger partial charge >= 0.3 is 0 Å². The van der Waals surface area contributed by atoms with Crippen LogP contribution in [0.3, 0.4) is 0 Å². The summed E-state index contributed by atoms with van der Waals surface area (Å²) in [6.45, 7) is 4.48. The van der Waals surface area contributed by atoms with Gasteiger partial charge in [-0.2, -0.15) is 0 Å². The first-order chi connectivity index (χ1) is 14.6. The van der Waals surface area contributed by atoms with E-state index >= 15 is 0 Å². The minimum absolute atomic E-state index is 0.0579. The Morgan fingerprint density at radius 1 is 0.733 bits per heavy atom. The molecular weight excluding hydrogens is 364 g/mol. The molecule has 0 fully saturated rings. The molecule has 0 amide bonds. The van der Waals surface area contributed by atoms with Crippen molar-refractivity contribution in [3.8, 4) is 5.69 Å². The first-order valence-corrected chi connectivity index (χ1v) is 10.4. The molecule has 30 heavy (non-hydrogen) atoms. The van der Waals surface area contributed by atoms with E-state index in [9.17, 15) is 0 Å². The predicted molar refractivity (Wildman–Crippen MR) is 128 cm³/mol. The molecule has 1 aliphatic carbocycles. The van der Waals surface area contributed by atoms with Crippen LogP contribution in [-0.2, 0) is 0 Å². The fourth-order valence-corrected chi connectivity index (χ4v) is 4.57. The third-order valence-electron chi connectivity index (χ3n) is 6.16. The fourth-order valence-electron chi connectivity index (χ4n) is 4.57. The summed E-state index contributed by atoms with van der Waals surface area (Å²) < 4.78 is 2.39. The molecule has 2 heteroatoms. The molecule has 0 N–H and O–H groups in total. The Balaban J connectivity index is 1.81. The highest BCUT2D eigenvalue weighted by molar-refractivity contribution is 6.19. The summed E-state index contributed by atoms with van der Waals surface area (Å²) in [5.74, 6) is 0. The van der Waals surface area contributed by atoms with Gasteiger partial charge in [0.15, 0.2) is 0 Å². The Morgan fingerprint density at radius 2 is 1.47 bits per heavy atom. The van der Waals surface area contributed by atoms with E-state index in [1.54, 1.807) is 0 Å². The van der Waals surface area contributed by atoms with Gasteiger partial charge < -0.3 is 4.57 Å². The molecule has 3 aromatic carbocycles. The topological polar surface area (TPSA) is 17.8 Å². The summed E-state index contributed by atoms with van der Waals surface area (Å²) in [5, 5.41) is 5.09. The maximum atomic E-state index is 4.24. The molecular formula is C28H22N2. The van der Waals surface area contributed by atoms with Crippen LogP contribution >= 0.6 is 0 Å². The highest BCUT2D eigenvalue weighted by atomic mass is 15.0. The number of aromatic nitrogens is 2. The van der Waals surface area contributed by atoms with Crippen molar-refractivity contribution in [2.45, 2.75) is 13.8 Å². The van der Waals surface area contributed by atoms with Gasteiger partial charge in [-0.3, -0.25) is 4.98 Å². The molecule has 2 heterocycles.